The lowest BCUT2D eigenvalue weighted by Crippen LogP contribution is -2.27. The number of hydrogen-bond donors (Lipinski definition) is 1. The molecule has 5 rings (SSSR count). The van der Waals surface area contributed by atoms with E-state index < -0.39 is 11.5 Å². The van der Waals surface area contributed by atoms with Crippen molar-refractivity contribution >= 4 is 61.6 Å². The summed E-state index contributed by atoms with van der Waals surface area (Å²) < 4.78 is 8.28. The fraction of sp³-hybridized carbons (Fsp3) is 0.185. The number of nitrogens with zero attached hydrogens (tertiary/aromatic N) is 5. The quantitative estimate of drug-likeness (QED) is 0.236. The molecule has 1 aromatic carbocycles. The minimum absolute atomic E-state index is 0.0218. The summed E-state index contributed by atoms with van der Waals surface area (Å²) in [5.74, 6) is -0.107. The number of carboxylic acid groups (broad SMARTS) is 1. The third-order valence-electron chi connectivity index (χ3n) is 6.23. The molecule has 5 aromatic rings. The van der Waals surface area contributed by atoms with Gasteiger partial charge in [0.05, 0.1) is 39.4 Å². The number of ether oxygens (including phenoxy) is 1. The third-order valence-corrected chi connectivity index (χ3v) is 7.75. The average Bonchev–Trinajstić information content (AvgIpc) is 3.35. The summed E-state index contributed by atoms with van der Waals surface area (Å²) in [6, 6.07) is 9.03. The molecule has 0 saturated carbocycles. The van der Waals surface area contributed by atoms with Crippen molar-refractivity contribution in [3.05, 3.63) is 79.0 Å². The highest BCUT2D eigenvalue weighted by molar-refractivity contribution is 7.18. The number of carbonyl (C=O) groups is 1. The van der Waals surface area contributed by atoms with E-state index in [-0.39, 0.29) is 34.8 Å². The van der Waals surface area contributed by atoms with Gasteiger partial charge in [0.2, 0.25) is 0 Å². The van der Waals surface area contributed by atoms with Gasteiger partial charge in [0.25, 0.3) is 5.56 Å². The van der Waals surface area contributed by atoms with Crippen LogP contribution in [0.15, 0.2) is 40.6 Å². The minimum Gasteiger partial charge on any atom is -0.491 e. The molecule has 1 N–H and O–H groups in total. The first-order chi connectivity index (χ1) is 18.7. The van der Waals surface area contributed by atoms with E-state index in [1.807, 2.05) is 19.1 Å². The molecule has 9 nitrogen and oxygen atoms in total. The van der Waals surface area contributed by atoms with Gasteiger partial charge >= 0.3 is 5.97 Å². The molecular weight excluding hydrogens is 561 g/mol. The molecule has 0 unspecified atom stereocenters. The van der Waals surface area contributed by atoms with Gasteiger partial charge < -0.3 is 9.84 Å². The van der Waals surface area contributed by atoms with E-state index in [4.69, 9.17) is 27.9 Å². The van der Waals surface area contributed by atoms with Crippen molar-refractivity contribution in [1.29, 1.82) is 5.26 Å². The maximum absolute atomic E-state index is 13.3. The highest BCUT2D eigenvalue weighted by Crippen LogP contribution is 2.40. The molecule has 0 fully saturated rings. The number of aryl methyl sites for hydroxylation is 2. The summed E-state index contributed by atoms with van der Waals surface area (Å²) in [5.41, 5.74) is 2.58. The highest BCUT2D eigenvalue weighted by atomic mass is 35.5. The second-order valence-electron chi connectivity index (χ2n) is 8.55. The van der Waals surface area contributed by atoms with Gasteiger partial charge in [0, 0.05) is 27.2 Å². The Morgan fingerprint density at radius 3 is 2.74 bits per heavy atom. The van der Waals surface area contributed by atoms with Crippen LogP contribution in [-0.4, -0.2) is 37.2 Å². The standard InChI is InChI=1S/C27H19Cl2N5O4S/c1-3-15-9-17(24-23(33-15)19(12-39-24)27(36)37)16-8-14(28)4-5-21(16)38-7-6-34-13(2)32-20-11-31-25(29)18(10-30)22(20)26(34)35/h4-5,8-9,11-12H,3,6-7H2,1-2H3,(H,36,37). The number of benzene rings is 1. The van der Waals surface area contributed by atoms with Crippen LogP contribution in [0.5, 0.6) is 5.75 Å². The van der Waals surface area contributed by atoms with Gasteiger partial charge in [-0.05, 0) is 37.6 Å². The maximum Gasteiger partial charge on any atom is 0.338 e. The summed E-state index contributed by atoms with van der Waals surface area (Å²) in [5, 5.41) is 21.3. The fourth-order valence-corrected chi connectivity index (χ4v) is 5.71. The first kappa shape index (κ1) is 26.6. The van der Waals surface area contributed by atoms with E-state index in [9.17, 15) is 20.0 Å². The van der Waals surface area contributed by atoms with Crippen LogP contribution < -0.4 is 10.3 Å². The third kappa shape index (κ3) is 4.81. The lowest BCUT2D eigenvalue weighted by Gasteiger charge is -2.16. The second-order valence-corrected chi connectivity index (χ2v) is 10.2. The van der Waals surface area contributed by atoms with E-state index in [1.165, 1.54) is 22.1 Å². The van der Waals surface area contributed by atoms with Gasteiger partial charge in [-0.3, -0.25) is 14.3 Å². The van der Waals surface area contributed by atoms with Crippen molar-refractivity contribution in [3.63, 3.8) is 0 Å². The van der Waals surface area contributed by atoms with Crippen molar-refractivity contribution in [2.75, 3.05) is 6.61 Å². The Morgan fingerprint density at radius 1 is 1.23 bits per heavy atom. The molecule has 0 spiro atoms. The molecule has 0 atom stereocenters. The molecule has 0 amide bonds. The number of carboxylic acids is 1. The van der Waals surface area contributed by atoms with Crippen molar-refractivity contribution < 1.29 is 14.6 Å². The summed E-state index contributed by atoms with van der Waals surface area (Å²) in [7, 11) is 0. The van der Waals surface area contributed by atoms with Gasteiger partial charge in [-0.2, -0.15) is 5.26 Å². The van der Waals surface area contributed by atoms with Crippen molar-refractivity contribution in [3.8, 4) is 22.9 Å². The molecule has 196 valence electrons. The number of aromatic carboxylic acids is 1. The van der Waals surface area contributed by atoms with E-state index in [1.54, 1.807) is 30.5 Å². The number of hydrogen-bond acceptors (Lipinski definition) is 8. The molecule has 0 saturated heterocycles. The number of nitriles is 1. The Labute approximate surface area is 235 Å². The second kappa shape index (κ2) is 10.6. The zero-order valence-electron chi connectivity index (χ0n) is 20.7. The molecule has 39 heavy (non-hydrogen) atoms. The van der Waals surface area contributed by atoms with Gasteiger partial charge in [-0.25, -0.2) is 14.8 Å². The lowest BCUT2D eigenvalue weighted by molar-refractivity contribution is 0.0699. The zero-order valence-corrected chi connectivity index (χ0v) is 23.0. The number of thiophene rings is 1. The normalized spacial score (nSPS) is 11.2. The van der Waals surface area contributed by atoms with Crippen molar-refractivity contribution in [2.24, 2.45) is 0 Å². The van der Waals surface area contributed by atoms with Crippen LogP contribution in [0.1, 0.15) is 34.4 Å². The molecule has 4 aromatic heterocycles. The molecule has 12 heteroatoms. The Balaban J connectivity index is 1.53. The Hall–Kier alpha value is -4.04. The number of fused-ring (bicyclic) bond motifs is 2. The number of rotatable bonds is 7. The zero-order chi connectivity index (χ0) is 27.8. The Bertz CT molecular complexity index is 1890. The maximum atomic E-state index is 13.3. The Morgan fingerprint density at radius 2 is 2.03 bits per heavy atom. The van der Waals surface area contributed by atoms with E-state index in [0.717, 1.165) is 11.3 Å². The van der Waals surface area contributed by atoms with Crippen LogP contribution >= 0.6 is 34.5 Å². The van der Waals surface area contributed by atoms with Gasteiger partial charge in [-0.1, -0.05) is 30.1 Å². The number of pyridine rings is 2. The van der Waals surface area contributed by atoms with Crippen LogP contribution in [0.4, 0.5) is 0 Å². The van der Waals surface area contributed by atoms with Gasteiger partial charge in [-0.15, -0.1) is 11.3 Å². The summed E-state index contributed by atoms with van der Waals surface area (Å²) in [6.45, 7) is 3.88. The summed E-state index contributed by atoms with van der Waals surface area (Å²) in [4.78, 5) is 38.0. The number of aromatic nitrogens is 4. The molecule has 0 radical (unpaired) electrons. The first-order valence-electron chi connectivity index (χ1n) is 11.8. The highest BCUT2D eigenvalue weighted by Gasteiger charge is 2.20. The first-order valence-corrected chi connectivity index (χ1v) is 13.4. The van der Waals surface area contributed by atoms with Crippen LogP contribution in [-0.2, 0) is 13.0 Å². The van der Waals surface area contributed by atoms with Crippen LogP contribution in [0.3, 0.4) is 0 Å². The van der Waals surface area contributed by atoms with Gasteiger partial charge in [0.15, 0.2) is 0 Å². The molecule has 0 aliphatic carbocycles. The monoisotopic (exact) mass is 579 g/mol. The average molecular weight is 580 g/mol. The summed E-state index contributed by atoms with van der Waals surface area (Å²) in [6.07, 6.45) is 1.98. The topological polar surface area (TPSA) is 131 Å². The largest absolute Gasteiger partial charge is 0.491 e. The molecule has 0 aliphatic heterocycles. The molecule has 0 bridgehead atoms. The van der Waals surface area contributed by atoms with Crippen LogP contribution in [0.25, 0.3) is 32.2 Å². The molecule has 4 heterocycles. The van der Waals surface area contributed by atoms with Crippen LogP contribution in [0.2, 0.25) is 10.2 Å². The van der Waals surface area contributed by atoms with Gasteiger partial charge in [0.1, 0.15) is 35.0 Å². The molecule has 0 aliphatic rings. The lowest BCUT2D eigenvalue weighted by atomic mass is 10.0. The van der Waals surface area contributed by atoms with Crippen molar-refractivity contribution in [2.45, 2.75) is 26.8 Å². The van der Waals surface area contributed by atoms with Crippen LogP contribution in [0, 0.1) is 18.3 Å². The number of halogens is 2. The Kier molecular flexibility index (Phi) is 7.23. The summed E-state index contributed by atoms with van der Waals surface area (Å²) >= 11 is 13.7. The minimum atomic E-state index is -1.04. The van der Waals surface area contributed by atoms with E-state index >= 15 is 0 Å². The predicted octanol–water partition coefficient (Wildman–Crippen LogP) is 5.89. The molecular formula is C27H19Cl2N5O4S. The SMILES string of the molecule is CCc1cc(-c2cc(Cl)ccc2OCCn2c(C)nc3cnc(Cl)c(C#N)c3c2=O)c2scc(C(=O)O)c2n1. The smallest absolute Gasteiger partial charge is 0.338 e. The van der Waals surface area contributed by atoms with Crippen molar-refractivity contribution in [1.82, 2.24) is 19.5 Å². The van der Waals surface area contributed by atoms with E-state index in [2.05, 4.69) is 15.0 Å². The van der Waals surface area contributed by atoms with E-state index in [0.29, 0.717) is 44.3 Å². The predicted molar refractivity (Wildman–Crippen MR) is 150 cm³/mol. The fourth-order valence-electron chi connectivity index (χ4n) is 4.34.